The van der Waals surface area contributed by atoms with E-state index in [2.05, 4.69) is 6.92 Å². The molecule has 0 unspecified atom stereocenters. The molecule has 0 amide bonds. The maximum absolute atomic E-state index is 12.9. The highest BCUT2D eigenvalue weighted by Crippen LogP contribution is 2.54. The van der Waals surface area contributed by atoms with Crippen LogP contribution in [-0.4, -0.2) is 49.2 Å². The van der Waals surface area contributed by atoms with Gasteiger partial charge < -0.3 is 4.67 Å². The Morgan fingerprint density at radius 2 is 1.56 bits per heavy atom. The van der Waals surface area contributed by atoms with Gasteiger partial charge in [0.1, 0.15) is 0 Å². The van der Waals surface area contributed by atoms with Crippen molar-refractivity contribution in [3.8, 4) is 0 Å². The van der Waals surface area contributed by atoms with E-state index in [1.165, 1.54) is 0 Å². The van der Waals surface area contributed by atoms with E-state index in [1.54, 1.807) is 9.34 Å². The zero-order chi connectivity index (χ0) is 12.9. The maximum atomic E-state index is 12.9. The lowest BCUT2D eigenvalue weighted by atomic mass is 10.2. The predicted molar refractivity (Wildman–Crippen MR) is 71.4 cm³/mol. The van der Waals surface area contributed by atoms with Crippen molar-refractivity contribution in [2.45, 2.75) is 26.7 Å². The highest BCUT2D eigenvalue weighted by molar-refractivity contribution is 7.56. The van der Waals surface area contributed by atoms with E-state index in [0.29, 0.717) is 0 Å². The third-order valence-electron chi connectivity index (χ3n) is 2.69. The van der Waals surface area contributed by atoms with Gasteiger partial charge in [-0.2, -0.15) is 0 Å². The fourth-order valence-corrected chi connectivity index (χ4v) is 4.15. The van der Waals surface area contributed by atoms with E-state index >= 15 is 0 Å². The quantitative estimate of drug-likeness (QED) is 0.674. The van der Waals surface area contributed by atoms with Crippen molar-refractivity contribution < 1.29 is 4.57 Å². The lowest BCUT2D eigenvalue weighted by Crippen LogP contribution is -2.32. The van der Waals surface area contributed by atoms with Crippen molar-refractivity contribution in [2.24, 2.45) is 0 Å². The van der Waals surface area contributed by atoms with Crippen LogP contribution in [0.15, 0.2) is 11.8 Å². The molecule has 16 heavy (non-hydrogen) atoms. The Bertz CT molecular complexity index is 275. The van der Waals surface area contributed by atoms with Gasteiger partial charge in [0.2, 0.25) is 0 Å². The minimum atomic E-state index is -2.62. The van der Waals surface area contributed by atoms with Crippen LogP contribution in [0.25, 0.3) is 0 Å². The second-order valence-corrected chi connectivity index (χ2v) is 7.49. The Balaban J connectivity index is 5.18. The molecule has 0 aromatic rings. The fraction of sp³-hybridized carbons (Fsp3) is 0.818. The average Bonchev–Trinajstić information content (AvgIpc) is 2.22. The topological polar surface area (TPSA) is 26.8 Å². The molecular formula is C11H26N3OP. The molecule has 0 aliphatic heterocycles. The summed E-state index contributed by atoms with van der Waals surface area (Å²) in [6.45, 7) is 4.13. The van der Waals surface area contributed by atoms with Crippen LogP contribution in [0, 0.1) is 0 Å². The minimum Gasteiger partial charge on any atom is -0.306 e. The summed E-state index contributed by atoms with van der Waals surface area (Å²) in [4.78, 5) is 0. The number of rotatable bonds is 6. The smallest absolute Gasteiger partial charge is 0.306 e. The summed E-state index contributed by atoms with van der Waals surface area (Å²) in [5, 5.41) is 0. The van der Waals surface area contributed by atoms with Gasteiger partial charge in [0.05, 0.1) is 0 Å². The van der Waals surface area contributed by atoms with Crippen molar-refractivity contribution >= 4 is 7.59 Å². The van der Waals surface area contributed by atoms with Gasteiger partial charge in [0.25, 0.3) is 0 Å². The first-order valence-electron chi connectivity index (χ1n) is 5.67. The molecule has 0 aromatic carbocycles. The summed E-state index contributed by atoms with van der Waals surface area (Å²) in [5.41, 5.74) is 1.13. The molecule has 0 aromatic heterocycles. The van der Waals surface area contributed by atoms with Crippen molar-refractivity contribution in [1.82, 2.24) is 14.0 Å². The van der Waals surface area contributed by atoms with Crippen LogP contribution in [0.5, 0.6) is 0 Å². The molecule has 0 heterocycles. The lowest BCUT2D eigenvalue weighted by molar-refractivity contribution is 0.381. The van der Waals surface area contributed by atoms with E-state index in [-0.39, 0.29) is 0 Å². The third kappa shape index (κ3) is 3.09. The molecule has 0 radical (unpaired) electrons. The molecule has 0 saturated carbocycles. The molecule has 5 heteroatoms. The zero-order valence-electron chi connectivity index (χ0n) is 11.7. The molecule has 0 saturated heterocycles. The Hall–Kier alpha value is -0.310. The summed E-state index contributed by atoms with van der Waals surface area (Å²) in [6, 6.07) is 0. The first kappa shape index (κ1) is 15.7. The first-order valence-corrected chi connectivity index (χ1v) is 7.23. The highest BCUT2D eigenvalue weighted by atomic mass is 31.2. The molecule has 0 aliphatic rings. The number of hydrogen-bond donors (Lipinski definition) is 0. The second-order valence-electron chi connectivity index (χ2n) is 4.26. The lowest BCUT2D eigenvalue weighted by Gasteiger charge is -2.39. The number of nitrogens with zero attached hydrogens (tertiary/aromatic N) is 3. The molecule has 4 nitrogen and oxygen atoms in total. The monoisotopic (exact) mass is 247 g/mol. The number of allylic oxidation sites excluding steroid dienone is 2. The largest absolute Gasteiger partial charge is 0.309 e. The molecule has 96 valence electrons. The molecular weight excluding hydrogens is 221 g/mol. The standard InChI is InChI=1S/C11H26N3OP/c1-8-10-11(9-2)14(7)16(15,12(3)4)13(5)6/h9H,8,10H2,1-7H3/b11-9-. The molecule has 0 spiro atoms. The van der Waals surface area contributed by atoms with Gasteiger partial charge >= 0.3 is 7.59 Å². The van der Waals surface area contributed by atoms with Gasteiger partial charge in [-0.05, 0) is 41.5 Å². The Morgan fingerprint density at radius 1 is 1.12 bits per heavy atom. The Kier molecular flexibility index (Phi) is 6.31. The first-order chi connectivity index (χ1) is 7.32. The summed E-state index contributed by atoms with van der Waals surface area (Å²) < 4.78 is 18.4. The molecule has 0 rings (SSSR count). The SMILES string of the molecule is C/C=C(/CCC)N(C)P(=O)(N(C)C)N(C)C. The fourth-order valence-electron chi connectivity index (χ4n) is 1.81. The molecule has 0 atom stereocenters. The van der Waals surface area contributed by atoms with E-state index in [9.17, 15) is 4.57 Å². The maximum Gasteiger partial charge on any atom is 0.309 e. The molecule has 0 bridgehead atoms. The van der Waals surface area contributed by atoms with Gasteiger partial charge in [-0.25, -0.2) is 9.34 Å². The van der Waals surface area contributed by atoms with Crippen LogP contribution >= 0.6 is 7.59 Å². The van der Waals surface area contributed by atoms with Gasteiger partial charge in [-0.3, -0.25) is 4.57 Å². The summed E-state index contributed by atoms with van der Waals surface area (Å²) in [7, 11) is 6.71. The van der Waals surface area contributed by atoms with Crippen molar-refractivity contribution in [3.05, 3.63) is 11.8 Å². The van der Waals surface area contributed by atoms with Crippen LogP contribution in [0.4, 0.5) is 0 Å². The second kappa shape index (κ2) is 6.43. The van der Waals surface area contributed by atoms with E-state index in [1.807, 2.05) is 52.9 Å². The van der Waals surface area contributed by atoms with Crippen molar-refractivity contribution in [3.63, 3.8) is 0 Å². The molecule has 0 aliphatic carbocycles. The minimum absolute atomic E-state index is 0.957. The van der Waals surface area contributed by atoms with E-state index < -0.39 is 7.59 Å². The van der Waals surface area contributed by atoms with Crippen LogP contribution in [0.1, 0.15) is 26.7 Å². The predicted octanol–water partition coefficient (Wildman–Crippen LogP) is 2.85. The van der Waals surface area contributed by atoms with Crippen molar-refractivity contribution in [2.75, 3.05) is 35.2 Å². The Labute approximate surface area is 100 Å². The van der Waals surface area contributed by atoms with E-state index in [0.717, 1.165) is 18.5 Å². The summed E-state index contributed by atoms with van der Waals surface area (Å²) in [5.74, 6) is 0. The van der Waals surface area contributed by atoms with Gasteiger partial charge in [-0.15, -0.1) is 0 Å². The zero-order valence-corrected chi connectivity index (χ0v) is 12.6. The van der Waals surface area contributed by atoms with Crippen molar-refractivity contribution in [1.29, 1.82) is 0 Å². The average molecular weight is 247 g/mol. The van der Waals surface area contributed by atoms with Crippen LogP contribution in [0.2, 0.25) is 0 Å². The third-order valence-corrected chi connectivity index (χ3v) is 5.81. The van der Waals surface area contributed by atoms with E-state index in [4.69, 9.17) is 0 Å². The van der Waals surface area contributed by atoms with Crippen LogP contribution in [-0.2, 0) is 4.57 Å². The Morgan fingerprint density at radius 3 is 1.81 bits per heavy atom. The van der Waals surface area contributed by atoms with Gasteiger partial charge in [0.15, 0.2) is 0 Å². The molecule has 0 fully saturated rings. The van der Waals surface area contributed by atoms with Gasteiger partial charge in [-0.1, -0.05) is 19.4 Å². The number of hydrogen-bond acceptors (Lipinski definition) is 1. The summed E-state index contributed by atoms with van der Waals surface area (Å²) >= 11 is 0. The molecule has 0 N–H and O–H groups in total. The normalized spacial score (nSPS) is 13.7. The van der Waals surface area contributed by atoms with Gasteiger partial charge in [0, 0.05) is 12.7 Å². The highest BCUT2D eigenvalue weighted by Gasteiger charge is 2.33. The van der Waals surface area contributed by atoms with Crippen LogP contribution < -0.4 is 0 Å². The van der Waals surface area contributed by atoms with Crippen LogP contribution in [0.3, 0.4) is 0 Å². The summed E-state index contributed by atoms with van der Waals surface area (Å²) in [6.07, 6.45) is 4.06.